The van der Waals surface area contributed by atoms with Gasteiger partial charge < -0.3 is 5.11 Å². The van der Waals surface area contributed by atoms with Crippen molar-refractivity contribution in [3.05, 3.63) is 42.1 Å². The first-order valence-electron chi connectivity index (χ1n) is 5.35. The summed E-state index contributed by atoms with van der Waals surface area (Å²) in [5.74, 6) is 0.929. The van der Waals surface area contributed by atoms with Crippen LogP contribution in [0.15, 0.2) is 36.4 Å². The number of aromatic nitrogens is 1. The van der Waals surface area contributed by atoms with Crippen molar-refractivity contribution in [2.24, 2.45) is 5.92 Å². The molecule has 1 aromatic carbocycles. The lowest BCUT2D eigenvalue weighted by molar-refractivity contribution is 0.273. The molecule has 0 saturated heterocycles. The molecule has 1 aliphatic rings. The maximum atomic E-state index is 9.02. The van der Waals surface area contributed by atoms with Gasteiger partial charge >= 0.3 is 0 Å². The molecule has 15 heavy (non-hydrogen) atoms. The summed E-state index contributed by atoms with van der Waals surface area (Å²) in [6, 6.07) is 12.3. The van der Waals surface area contributed by atoms with Crippen LogP contribution in [0, 0.1) is 5.92 Å². The maximum Gasteiger partial charge on any atom is 0.0705 e. The molecular weight excluding hydrogens is 186 g/mol. The minimum atomic E-state index is 0.291. The summed E-state index contributed by atoms with van der Waals surface area (Å²) >= 11 is 0. The summed E-state index contributed by atoms with van der Waals surface area (Å²) in [6.07, 6.45) is 1.09. The molecule has 76 valence electrons. The number of para-hydroxylation sites is 1. The molecule has 1 N–H and O–H groups in total. The molecule has 1 heterocycles. The van der Waals surface area contributed by atoms with E-state index in [1.54, 1.807) is 0 Å². The van der Waals surface area contributed by atoms with Gasteiger partial charge in [-0.15, -0.1) is 0 Å². The molecule has 2 aromatic rings. The van der Waals surface area contributed by atoms with Gasteiger partial charge in [0.2, 0.25) is 0 Å². The topological polar surface area (TPSA) is 33.1 Å². The molecule has 0 unspecified atom stereocenters. The lowest BCUT2D eigenvalue weighted by atomic mass is 10.1. The van der Waals surface area contributed by atoms with E-state index in [9.17, 15) is 0 Å². The van der Waals surface area contributed by atoms with Crippen molar-refractivity contribution in [3.63, 3.8) is 0 Å². The van der Waals surface area contributed by atoms with Crippen LogP contribution in [-0.2, 0) is 0 Å². The highest BCUT2D eigenvalue weighted by Gasteiger charge is 2.38. The van der Waals surface area contributed by atoms with Gasteiger partial charge in [0.1, 0.15) is 0 Å². The molecule has 1 fully saturated rings. The van der Waals surface area contributed by atoms with Gasteiger partial charge in [0.25, 0.3) is 0 Å². The molecule has 2 nitrogen and oxygen atoms in total. The molecule has 2 heteroatoms. The van der Waals surface area contributed by atoms with Gasteiger partial charge in [-0.1, -0.05) is 24.3 Å². The normalized spacial score (nSPS) is 24.3. The van der Waals surface area contributed by atoms with E-state index < -0.39 is 0 Å². The Morgan fingerprint density at radius 2 is 2.07 bits per heavy atom. The Balaban J connectivity index is 2.00. The zero-order valence-corrected chi connectivity index (χ0v) is 8.43. The Morgan fingerprint density at radius 1 is 1.20 bits per heavy atom. The number of benzene rings is 1. The van der Waals surface area contributed by atoms with Crippen molar-refractivity contribution in [2.75, 3.05) is 6.61 Å². The Bertz CT molecular complexity index is 495. The standard InChI is InChI=1S/C13H13NO/c15-8-10-7-11(10)13-6-5-9-3-1-2-4-12(9)14-13/h1-6,10-11,15H,7-8H2/t10-,11+/m1/s1. The number of hydrogen-bond acceptors (Lipinski definition) is 2. The Kier molecular flexibility index (Phi) is 1.96. The molecule has 1 saturated carbocycles. The fourth-order valence-electron chi connectivity index (χ4n) is 2.10. The van der Waals surface area contributed by atoms with E-state index in [1.165, 1.54) is 5.39 Å². The van der Waals surface area contributed by atoms with Gasteiger partial charge in [-0.2, -0.15) is 0 Å². The van der Waals surface area contributed by atoms with Gasteiger partial charge in [0.05, 0.1) is 5.52 Å². The van der Waals surface area contributed by atoms with Crippen LogP contribution in [0.4, 0.5) is 0 Å². The monoisotopic (exact) mass is 199 g/mol. The highest BCUT2D eigenvalue weighted by atomic mass is 16.3. The van der Waals surface area contributed by atoms with Crippen molar-refractivity contribution in [1.82, 2.24) is 4.98 Å². The van der Waals surface area contributed by atoms with E-state index in [-0.39, 0.29) is 0 Å². The van der Waals surface area contributed by atoms with Crippen LogP contribution in [0.1, 0.15) is 18.0 Å². The van der Waals surface area contributed by atoms with E-state index in [2.05, 4.69) is 23.2 Å². The van der Waals surface area contributed by atoms with Gasteiger partial charge in [-0.3, -0.25) is 4.98 Å². The number of nitrogens with zero attached hydrogens (tertiary/aromatic N) is 1. The van der Waals surface area contributed by atoms with E-state index in [4.69, 9.17) is 5.11 Å². The second-order valence-corrected chi connectivity index (χ2v) is 4.21. The van der Waals surface area contributed by atoms with Gasteiger partial charge in [0, 0.05) is 23.6 Å². The smallest absolute Gasteiger partial charge is 0.0705 e. The third kappa shape index (κ3) is 1.51. The van der Waals surface area contributed by atoms with Gasteiger partial charge in [-0.05, 0) is 24.5 Å². The Labute approximate surface area is 88.6 Å². The zero-order chi connectivity index (χ0) is 10.3. The average molecular weight is 199 g/mol. The fourth-order valence-corrected chi connectivity index (χ4v) is 2.10. The van der Waals surface area contributed by atoms with E-state index in [0.717, 1.165) is 17.6 Å². The zero-order valence-electron chi connectivity index (χ0n) is 8.43. The summed E-state index contributed by atoms with van der Waals surface area (Å²) in [5.41, 5.74) is 2.19. The molecule has 3 rings (SSSR count). The summed E-state index contributed by atoms with van der Waals surface area (Å²) in [7, 11) is 0. The van der Waals surface area contributed by atoms with Crippen LogP contribution in [0.3, 0.4) is 0 Å². The quantitative estimate of drug-likeness (QED) is 0.805. The summed E-state index contributed by atoms with van der Waals surface area (Å²) in [6.45, 7) is 0.291. The first-order valence-corrected chi connectivity index (χ1v) is 5.35. The van der Waals surface area contributed by atoms with Crippen molar-refractivity contribution in [3.8, 4) is 0 Å². The van der Waals surface area contributed by atoms with Crippen LogP contribution in [0.2, 0.25) is 0 Å². The lowest BCUT2D eigenvalue weighted by Gasteiger charge is -2.01. The van der Waals surface area contributed by atoms with Crippen molar-refractivity contribution < 1.29 is 5.11 Å². The minimum absolute atomic E-state index is 0.291. The SMILES string of the molecule is OC[C@H]1C[C@@H]1c1ccc2ccccc2n1. The average Bonchev–Trinajstić information content (AvgIpc) is 3.08. The number of aliphatic hydroxyl groups is 1. The van der Waals surface area contributed by atoms with Crippen LogP contribution in [-0.4, -0.2) is 16.7 Å². The summed E-state index contributed by atoms with van der Waals surface area (Å²) < 4.78 is 0. The van der Waals surface area contributed by atoms with Gasteiger partial charge in [0.15, 0.2) is 0 Å². The molecule has 0 aliphatic heterocycles. The number of aliphatic hydroxyl groups excluding tert-OH is 1. The van der Waals surface area contributed by atoms with Crippen molar-refractivity contribution in [2.45, 2.75) is 12.3 Å². The second-order valence-electron chi connectivity index (χ2n) is 4.21. The predicted molar refractivity (Wildman–Crippen MR) is 59.7 cm³/mol. The van der Waals surface area contributed by atoms with Crippen LogP contribution in [0.25, 0.3) is 10.9 Å². The molecule has 0 radical (unpaired) electrons. The van der Waals surface area contributed by atoms with E-state index in [0.29, 0.717) is 18.4 Å². The Morgan fingerprint density at radius 3 is 2.87 bits per heavy atom. The van der Waals surface area contributed by atoms with Crippen LogP contribution < -0.4 is 0 Å². The van der Waals surface area contributed by atoms with Crippen molar-refractivity contribution in [1.29, 1.82) is 0 Å². The Hall–Kier alpha value is -1.41. The third-order valence-electron chi connectivity index (χ3n) is 3.16. The molecule has 2 atom stereocenters. The van der Waals surface area contributed by atoms with Crippen molar-refractivity contribution >= 4 is 10.9 Å². The van der Waals surface area contributed by atoms with Crippen LogP contribution in [0.5, 0.6) is 0 Å². The molecule has 0 spiro atoms. The lowest BCUT2D eigenvalue weighted by Crippen LogP contribution is -1.92. The van der Waals surface area contributed by atoms with E-state index in [1.807, 2.05) is 18.2 Å². The third-order valence-corrected chi connectivity index (χ3v) is 3.16. The first-order chi connectivity index (χ1) is 7.38. The largest absolute Gasteiger partial charge is 0.396 e. The maximum absolute atomic E-state index is 9.02. The van der Waals surface area contributed by atoms with Gasteiger partial charge in [-0.25, -0.2) is 0 Å². The molecular formula is C13H13NO. The van der Waals surface area contributed by atoms with E-state index >= 15 is 0 Å². The molecule has 0 bridgehead atoms. The minimum Gasteiger partial charge on any atom is -0.396 e. The first kappa shape index (κ1) is 8.86. The number of hydrogen-bond donors (Lipinski definition) is 1. The van der Waals surface area contributed by atoms with Crippen LogP contribution >= 0.6 is 0 Å². The summed E-state index contributed by atoms with van der Waals surface area (Å²) in [4.78, 5) is 4.62. The highest BCUT2D eigenvalue weighted by Crippen LogP contribution is 2.46. The second kappa shape index (κ2) is 3.31. The predicted octanol–water partition coefficient (Wildman–Crippen LogP) is 2.33. The fraction of sp³-hybridized carbons (Fsp3) is 0.308. The number of rotatable bonds is 2. The number of fused-ring (bicyclic) bond motifs is 1. The number of pyridine rings is 1. The summed E-state index contributed by atoms with van der Waals surface area (Å²) in [5, 5.41) is 10.2. The molecule has 1 aliphatic carbocycles. The molecule has 0 amide bonds. The highest BCUT2D eigenvalue weighted by molar-refractivity contribution is 5.78. The molecule has 1 aromatic heterocycles.